The van der Waals surface area contributed by atoms with Crippen LogP contribution in [-0.2, 0) is 67.1 Å². The minimum Gasteiger partial charge on any atom is -0.478 e. The monoisotopic (exact) mass is 545 g/mol. The predicted molar refractivity (Wildman–Crippen MR) is 52.1 cm³/mol. The van der Waals surface area contributed by atoms with Crippen LogP contribution in [0.15, 0.2) is 12.1 Å². The molecule has 0 saturated carbocycles. The quantitative estimate of drug-likeness (QED) is 0.489. The number of benzene rings is 1. The van der Waals surface area contributed by atoms with Gasteiger partial charge in [-0.25, -0.2) is 14.4 Å². The Balaban J connectivity index is -0.000000853. The molecule has 1 aromatic rings. The number of aromatic carboxylic acids is 3. The first kappa shape index (κ1) is 23.9. The number of hydrogen-bond acceptors (Lipinski definition) is 3. The molecule has 0 unspecified atom stereocenters. The van der Waals surface area contributed by atoms with Gasteiger partial charge in [0.1, 0.15) is 0 Å². The summed E-state index contributed by atoms with van der Waals surface area (Å²) in [5.41, 5.74) is -0.970. The van der Waals surface area contributed by atoms with E-state index in [1.54, 1.807) is 0 Å². The number of carboxylic acids is 3. The van der Waals surface area contributed by atoms with Crippen LogP contribution in [0.4, 0.5) is 0 Å². The van der Waals surface area contributed by atoms with Crippen molar-refractivity contribution in [1.82, 2.24) is 0 Å². The second-order valence-corrected chi connectivity index (χ2v) is 3.13. The van der Waals surface area contributed by atoms with Crippen molar-refractivity contribution in [3.8, 4) is 0 Å². The molecule has 0 saturated heterocycles. The molecule has 1 rings (SSSR count). The summed E-state index contributed by atoms with van der Waals surface area (Å²) < 4.78 is 0. The molecule has 0 spiro atoms. The van der Waals surface area contributed by atoms with Crippen LogP contribution in [-0.4, -0.2) is 33.2 Å². The van der Waals surface area contributed by atoms with Crippen molar-refractivity contribution >= 4 is 17.9 Å². The van der Waals surface area contributed by atoms with Gasteiger partial charge in [-0.15, -0.1) is 0 Å². The van der Waals surface area contributed by atoms with Gasteiger partial charge in [0.2, 0.25) is 0 Å². The molecule has 0 amide bonds. The largest absolute Gasteiger partial charge is 0.478 e. The van der Waals surface area contributed by atoms with E-state index in [-0.39, 0.29) is 78.3 Å². The number of aryl methyl sites for hydroxylation is 1. The van der Waals surface area contributed by atoms with Crippen LogP contribution >= 0.6 is 0 Å². The molecule has 0 aliphatic heterocycles. The van der Waals surface area contributed by atoms with E-state index in [0.717, 1.165) is 12.1 Å². The minimum absolute atomic E-state index is 0. The van der Waals surface area contributed by atoms with E-state index in [9.17, 15) is 14.4 Å². The molecule has 3 radical (unpaired) electrons. The van der Waals surface area contributed by atoms with E-state index in [0.29, 0.717) is 0 Å². The maximum Gasteiger partial charge on any atom is 0.336 e. The number of carboxylic acid groups (broad SMARTS) is 3. The summed E-state index contributed by atoms with van der Waals surface area (Å²) in [5.74, 6) is -4.17. The third kappa shape index (κ3) is 5.78. The molecule has 0 atom stereocenters. The zero-order valence-electron chi connectivity index (χ0n) is 9.13. The maximum absolute atomic E-state index is 10.8. The summed E-state index contributed by atoms with van der Waals surface area (Å²) in [6.07, 6.45) is 0. The Kier molecular flexibility index (Phi) is 12.2. The molecule has 0 aromatic heterocycles. The molecule has 6 nitrogen and oxygen atoms in total. The Hall–Kier alpha value is -0.149. The van der Waals surface area contributed by atoms with E-state index >= 15 is 0 Å². The molecule has 9 heteroatoms. The normalized spacial score (nSPS) is 8.26. The van der Waals surface area contributed by atoms with Crippen molar-refractivity contribution in [2.24, 2.45) is 0 Å². The topological polar surface area (TPSA) is 112 Å². The summed E-state index contributed by atoms with van der Waals surface area (Å²) in [4.78, 5) is 32.2. The van der Waals surface area contributed by atoms with Crippen LogP contribution in [0, 0.1) is 6.92 Å². The predicted octanol–water partition coefficient (Wildman–Crippen LogP) is 1.08. The van der Waals surface area contributed by atoms with Gasteiger partial charge in [0.15, 0.2) is 0 Å². The van der Waals surface area contributed by atoms with Crippen LogP contribution in [0.1, 0.15) is 36.6 Å². The summed E-state index contributed by atoms with van der Waals surface area (Å²) in [5, 5.41) is 26.3. The fourth-order valence-electron chi connectivity index (χ4n) is 1.29. The third-order valence-electron chi connectivity index (χ3n) is 2.06. The van der Waals surface area contributed by atoms with Crippen LogP contribution in [0.25, 0.3) is 0 Å². The van der Waals surface area contributed by atoms with Crippen molar-refractivity contribution in [3.63, 3.8) is 0 Å². The van der Waals surface area contributed by atoms with Crippen LogP contribution in [0.2, 0.25) is 0 Å². The SMILES string of the molecule is Cc1cc(C(=O)O)c(C(=O)O)cc1C(=O)O.[Ag].[Ag].[Ag]. The summed E-state index contributed by atoms with van der Waals surface area (Å²) in [6, 6.07) is 1.89. The molecule has 0 heterocycles. The van der Waals surface area contributed by atoms with Crippen molar-refractivity contribution in [3.05, 3.63) is 34.4 Å². The Morgan fingerprint density at radius 3 is 1.37 bits per heavy atom. The van der Waals surface area contributed by atoms with Crippen LogP contribution < -0.4 is 0 Å². The van der Waals surface area contributed by atoms with E-state index in [1.807, 2.05) is 0 Å². The van der Waals surface area contributed by atoms with Crippen LogP contribution in [0.3, 0.4) is 0 Å². The summed E-state index contributed by atoms with van der Waals surface area (Å²) in [6.45, 7) is 1.40. The van der Waals surface area contributed by atoms with Gasteiger partial charge in [0, 0.05) is 67.1 Å². The van der Waals surface area contributed by atoms with Gasteiger partial charge in [-0.3, -0.25) is 0 Å². The van der Waals surface area contributed by atoms with Gasteiger partial charge in [-0.2, -0.15) is 0 Å². The third-order valence-corrected chi connectivity index (χ3v) is 2.06. The van der Waals surface area contributed by atoms with E-state index in [2.05, 4.69) is 0 Å². The van der Waals surface area contributed by atoms with Gasteiger partial charge in [0.25, 0.3) is 0 Å². The fourth-order valence-corrected chi connectivity index (χ4v) is 1.29. The molecule has 0 aliphatic rings. The van der Waals surface area contributed by atoms with Gasteiger partial charge in [0.05, 0.1) is 16.7 Å². The zero-order valence-corrected chi connectivity index (χ0v) is 13.6. The molecule has 3 N–H and O–H groups in total. The fraction of sp³-hybridized carbons (Fsp3) is 0.100. The second kappa shape index (κ2) is 9.71. The van der Waals surface area contributed by atoms with Gasteiger partial charge in [-0.1, -0.05) is 0 Å². The van der Waals surface area contributed by atoms with Gasteiger partial charge in [-0.05, 0) is 24.6 Å². The first-order valence-electron chi connectivity index (χ1n) is 4.19. The Morgan fingerprint density at radius 1 is 0.737 bits per heavy atom. The smallest absolute Gasteiger partial charge is 0.336 e. The first-order valence-corrected chi connectivity index (χ1v) is 4.19. The number of hydrogen-bond donors (Lipinski definition) is 3. The molecule has 1 aromatic carbocycles. The van der Waals surface area contributed by atoms with Gasteiger partial charge < -0.3 is 15.3 Å². The molecular formula is C10H8Ag3O6. The average Bonchev–Trinajstić information content (AvgIpc) is 2.15. The molecule has 0 aliphatic carbocycles. The molecule has 19 heavy (non-hydrogen) atoms. The van der Waals surface area contributed by atoms with E-state index in [1.165, 1.54) is 6.92 Å². The average molecular weight is 548 g/mol. The van der Waals surface area contributed by atoms with Crippen molar-refractivity contribution in [2.45, 2.75) is 6.92 Å². The molecular weight excluding hydrogens is 540 g/mol. The van der Waals surface area contributed by atoms with Gasteiger partial charge >= 0.3 is 17.9 Å². The first-order chi connectivity index (χ1) is 7.34. The summed E-state index contributed by atoms with van der Waals surface area (Å²) in [7, 11) is 0. The number of carbonyl (C=O) groups is 3. The van der Waals surface area contributed by atoms with E-state index < -0.39 is 29.0 Å². The molecule has 0 bridgehead atoms. The number of rotatable bonds is 3. The molecule has 117 valence electrons. The minimum atomic E-state index is -1.47. The Morgan fingerprint density at radius 2 is 1.05 bits per heavy atom. The van der Waals surface area contributed by atoms with Crippen molar-refractivity contribution in [2.75, 3.05) is 0 Å². The van der Waals surface area contributed by atoms with Crippen LogP contribution in [0.5, 0.6) is 0 Å². The Bertz CT molecular complexity index is 500. The Labute approximate surface area is 155 Å². The molecule has 0 fully saturated rings. The second-order valence-electron chi connectivity index (χ2n) is 3.13. The maximum atomic E-state index is 10.8. The van der Waals surface area contributed by atoms with E-state index in [4.69, 9.17) is 15.3 Å². The van der Waals surface area contributed by atoms with Crippen molar-refractivity contribution < 1.29 is 96.8 Å². The summed E-state index contributed by atoms with van der Waals surface area (Å²) >= 11 is 0. The zero-order chi connectivity index (χ0) is 12.5. The standard InChI is InChI=1S/C10H8O6.3Ag/c1-4-2-6(9(13)14)7(10(15)16)3-5(4)8(11)12;;;/h2-3H,1H3,(H,11,12)(H,13,14)(H,15,16);;;. The van der Waals surface area contributed by atoms with Crippen molar-refractivity contribution in [1.29, 1.82) is 0 Å².